The highest BCUT2D eigenvalue weighted by molar-refractivity contribution is 4.97. The SMILES string of the molecule is C#CC(C)NC1CC(C)CC(C)C1. The number of rotatable bonds is 2. The van der Waals surface area contributed by atoms with E-state index in [0.29, 0.717) is 6.04 Å². The Labute approximate surface area is 82.3 Å². The van der Waals surface area contributed by atoms with Crippen molar-refractivity contribution in [3.63, 3.8) is 0 Å². The van der Waals surface area contributed by atoms with Crippen LogP contribution in [0, 0.1) is 24.2 Å². The largest absolute Gasteiger partial charge is 0.301 e. The van der Waals surface area contributed by atoms with Crippen molar-refractivity contribution in [2.24, 2.45) is 11.8 Å². The molecule has 0 bridgehead atoms. The number of hydrogen-bond donors (Lipinski definition) is 1. The fraction of sp³-hybridized carbons (Fsp3) is 0.833. The van der Waals surface area contributed by atoms with Gasteiger partial charge in [0.05, 0.1) is 6.04 Å². The Morgan fingerprint density at radius 2 is 1.77 bits per heavy atom. The van der Waals surface area contributed by atoms with E-state index in [1.165, 1.54) is 19.3 Å². The number of nitrogens with one attached hydrogen (secondary N) is 1. The molecule has 74 valence electrons. The molecule has 0 spiro atoms. The Morgan fingerprint density at radius 1 is 1.23 bits per heavy atom. The molecule has 1 saturated carbocycles. The smallest absolute Gasteiger partial charge is 0.0660 e. The highest BCUT2D eigenvalue weighted by atomic mass is 14.9. The second-order valence-corrected chi connectivity index (χ2v) is 4.67. The first-order valence-electron chi connectivity index (χ1n) is 5.34. The zero-order chi connectivity index (χ0) is 9.84. The van der Waals surface area contributed by atoms with E-state index in [1.54, 1.807) is 0 Å². The lowest BCUT2D eigenvalue weighted by Gasteiger charge is -2.33. The van der Waals surface area contributed by atoms with Crippen molar-refractivity contribution in [3.8, 4) is 12.3 Å². The predicted octanol–water partition coefficient (Wildman–Crippen LogP) is 2.42. The van der Waals surface area contributed by atoms with Gasteiger partial charge < -0.3 is 5.32 Å². The van der Waals surface area contributed by atoms with Crippen molar-refractivity contribution in [1.29, 1.82) is 0 Å². The average molecular weight is 179 g/mol. The predicted molar refractivity (Wildman–Crippen MR) is 57.4 cm³/mol. The molecule has 0 amide bonds. The van der Waals surface area contributed by atoms with E-state index in [2.05, 4.69) is 32.0 Å². The van der Waals surface area contributed by atoms with Crippen LogP contribution in [0.5, 0.6) is 0 Å². The third kappa shape index (κ3) is 3.40. The van der Waals surface area contributed by atoms with Crippen LogP contribution in [-0.2, 0) is 0 Å². The molecule has 3 atom stereocenters. The lowest BCUT2D eigenvalue weighted by Crippen LogP contribution is -2.40. The summed E-state index contributed by atoms with van der Waals surface area (Å²) in [7, 11) is 0. The molecule has 13 heavy (non-hydrogen) atoms. The molecule has 0 saturated heterocycles. The van der Waals surface area contributed by atoms with E-state index in [4.69, 9.17) is 6.42 Å². The molecule has 0 aromatic heterocycles. The van der Waals surface area contributed by atoms with Gasteiger partial charge in [-0.15, -0.1) is 6.42 Å². The summed E-state index contributed by atoms with van der Waals surface area (Å²) in [6.07, 6.45) is 9.30. The van der Waals surface area contributed by atoms with Gasteiger partial charge in [-0.05, 0) is 38.0 Å². The molecule has 1 aliphatic rings. The summed E-state index contributed by atoms with van der Waals surface area (Å²) in [6.45, 7) is 6.74. The van der Waals surface area contributed by atoms with Crippen LogP contribution in [0.3, 0.4) is 0 Å². The minimum absolute atomic E-state index is 0.225. The molecular weight excluding hydrogens is 158 g/mol. The van der Waals surface area contributed by atoms with Gasteiger partial charge in [-0.3, -0.25) is 0 Å². The summed E-state index contributed by atoms with van der Waals surface area (Å²) in [5.41, 5.74) is 0. The Morgan fingerprint density at radius 3 is 2.23 bits per heavy atom. The molecule has 1 heteroatoms. The van der Waals surface area contributed by atoms with Gasteiger partial charge in [0, 0.05) is 6.04 Å². The molecule has 0 heterocycles. The maximum Gasteiger partial charge on any atom is 0.0660 e. The minimum Gasteiger partial charge on any atom is -0.301 e. The number of hydrogen-bond acceptors (Lipinski definition) is 1. The maximum atomic E-state index is 5.35. The van der Waals surface area contributed by atoms with Crippen molar-refractivity contribution >= 4 is 0 Å². The summed E-state index contributed by atoms with van der Waals surface area (Å²) < 4.78 is 0. The van der Waals surface area contributed by atoms with Crippen LogP contribution in [0.4, 0.5) is 0 Å². The standard InChI is InChI=1S/C12H21N/c1-5-11(4)13-12-7-9(2)6-10(3)8-12/h1,9-13H,6-8H2,2-4H3. The van der Waals surface area contributed by atoms with Crippen molar-refractivity contribution in [3.05, 3.63) is 0 Å². The molecule has 1 fully saturated rings. The molecule has 1 nitrogen and oxygen atoms in total. The molecule has 0 radical (unpaired) electrons. The van der Waals surface area contributed by atoms with Crippen LogP contribution >= 0.6 is 0 Å². The highest BCUT2D eigenvalue weighted by Crippen LogP contribution is 2.28. The zero-order valence-electron chi connectivity index (χ0n) is 9.01. The summed E-state index contributed by atoms with van der Waals surface area (Å²) in [6, 6.07) is 0.868. The van der Waals surface area contributed by atoms with Gasteiger partial charge in [0.2, 0.25) is 0 Å². The van der Waals surface area contributed by atoms with Gasteiger partial charge in [0.25, 0.3) is 0 Å². The van der Waals surface area contributed by atoms with Gasteiger partial charge >= 0.3 is 0 Å². The maximum absolute atomic E-state index is 5.35. The minimum atomic E-state index is 0.225. The van der Waals surface area contributed by atoms with Gasteiger partial charge in [0.1, 0.15) is 0 Å². The fourth-order valence-corrected chi connectivity index (χ4v) is 2.48. The molecule has 1 rings (SSSR count). The van der Waals surface area contributed by atoms with Crippen LogP contribution in [-0.4, -0.2) is 12.1 Å². The Balaban J connectivity index is 2.38. The van der Waals surface area contributed by atoms with E-state index < -0.39 is 0 Å². The van der Waals surface area contributed by atoms with Crippen molar-refractivity contribution < 1.29 is 0 Å². The lowest BCUT2D eigenvalue weighted by atomic mass is 9.80. The second-order valence-electron chi connectivity index (χ2n) is 4.67. The second kappa shape index (κ2) is 4.67. The molecule has 1 aliphatic carbocycles. The van der Waals surface area contributed by atoms with Crippen molar-refractivity contribution in [2.75, 3.05) is 0 Å². The van der Waals surface area contributed by atoms with E-state index in [0.717, 1.165) is 11.8 Å². The van der Waals surface area contributed by atoms with Crippen molar-refractivity contribution in [2.45, 2.75) is 52.1 Å². The van der Waals surface area contributed by atoms with E-state index >= 15 is 0 Å². The van der Waals surface area contributed by atoms with Crippen LogP contribution in [0.1, 0.15) is 40.0 Å². The Bertz CT molecular complexity index is 182. The first kappa shape index (κ1) is 10.6. The molecule has 0 aliphatic heterocycles. The first-order valence-corrected chi connectivity index (χ1v) is 5.34. The van der Waals surface area contributed by atoms with Crippen LogP contribution < -0.4 is 5.32 Å². The normalized spacial score (nSPS) is 36.6. The Kier molecular flexibility index (Phi) is 3.81. The third-order valence-electron chi connectivity index (χ3n) is 2.91. The molecule has 0 aromatic rings. The fourth-order valence-electron chi connectivity index (χ4n) is 2.48. The van der Waals surface area contributed by atoms with E-state index in [1.807, 2.05) is 0 Å². The summed E-state index contributed by atoms with van der Waals surface area (Å²) >= 11 is 0. The van der Waals surface area contributed by atoms with E-state index in [9.17, 15) is 0 Å². The lowest BCUT2D eigenvalue weighted by molar-refractivity contribution is 0.235. The topological polar surface area (TPSA) is 12.0 Å². The monoisotopic (exact) mass is 179 g/mol. The molecule has 3 unspecified atom stereocenters. The molecule has 1 N–H and O–H groups in total. The molecular formula is C12H21N. The quantitative estimate of drug-likeness (QED) is 0.642. The average Bonchev–Trinajstić information content (AvgIpc) is 2.02. The van der Waals surface area contributed by atoms with Gasteiger partial charge in [-0.2, -0.15) is 0 Å². The highest BCUT2D eigenvalue weighted by Gasteiger charge is 2.24. The van der Waals surface area contributed by atoms with Crippen molar-refractivity contribution in [1.82, 2.24) is 5.32 Å². The zero-order valence-corrected chi connectivity index (χ0v) is 9.01. The van der Waals surface area contributed by atoms with Gasteiger partial charge in [-0.1, -0.05) is 19.8 Å². The van der Waals surface area contributed by atoms with Crippen LogP contribution in [0.2, 0.25) is 0 Å². The summed E-state index contributed by atoms with van der Waals surface area (Å²) in [4.78, 5) is 0. The summed E-state index contributed by atoms with van der Waals surface area (Å²) in [5.74, 6) is 4.44. The first-order chi connectivity index (χ1) is 6.11. The Hall–Kier alpha value is -0.480. The summed E-state index contributed by atoms with van der Waals surface area (Å²) in [5, 5.41) is 3.49. The van der Waals surface area contributed by atoms with E-state index in [-0.39, 0.29) is 6.04 Å². The van der Waals surface area contributed by atoms with Gasteiger partial charge in [-0.25, -0.2) is 0 Å². The van der Waals surface area contributed by atoms with Gasteiger partial charge in [0.15, 0.2) is 0 Å². The van der Waals surface area contributed by atoms with Crippen LogP contribution in [0.25, 0.3) is 0 Å². The van der Waals surface area contributed by atoms with Crippen LogP contribution in [0.15, 0.2) is 0 Å². The third-order valence-corrected chi connectivity index (χ3v) is 2.91. The number of terminal acetylenes is 1. The molecule has 0 aromatic carbocycles.